The molecule has 0 fully saturated rings. The Labute approximate surface area is 101 Å². The van der Waals surface area contributed by atoms with E-state index in [0.717, 1.165) is 47.4 Å². The Morgan fingerprint density at radius 1 is 1.31 bits per heavy atom. The molecule has 0 spiro atoms. The van der Waals surface area contributed by atoms with E-state index in [-0.39, 0.29) is 0 Å². The molecule has 1 aromatic heterocycles. The zero-order valence-electron chi connectivity index (χ0n) is 9.52. The van der Waals surface area contributed by atoms with Crippen LogP contribution in [0, 0.1) is 6.92 Å². The minimum Gasteiger partial charge on any atom is -0.359 e. The van der Waals surface area contributed by atoms with Crippen molar-refractivity contribution in [2.75, 3.05) is 6.54 Å². The predicted molar refractivity (Wildman–Crippen MR) is 70.0 cm³/mol. The smallest absolute Gasteiger partial charge is 0.0531 e. The summed E-state index contributed by atoms with van der Waals surface area (Å²) in [4.78, 5) is 3.29. The number of aromatic amines is 1. The summed E-state index contributed by atoms with van der Waals surface area (Å²) < 4.78 is 0. The molecule has 0 aliphatic rings. The highest BCUT2D eigenvalue weighted by molar-refractivity contribution is 6.36. The number of fused-ring (bicyclic) bond motifs is 1. The van der Waals surface area contributed by atoms with Gasteiger partial charge in [-0.1, -0.05) is 17.7 Å². The highest BCUT2D eigenvalue weighted by Crippen LogP contribution is 2.28. The Bertz CT molecular complexity index is 488. The fourth-order valence-electron chi connectivity index (χ4n) is 2.01. The summed E-state index contributed by atoms with van der Waals surface area (Å²) in [7, 11) is 0. The number of benzene rings is 1. The van der Waals surface area contributed by atoms with Crippen molar-refractivity contribution in [2.45, 2.75) is 26.2 Å². The van der Waals surface area contributed by atoms with Crippen LogP contribution in [0.2, 0.25) is 5.02 Å². The molecule has 2 rings (SSSR count). The van der Waals surface area contributed by atoms with Crippen LogP contribution in [-0.4, -0.2) is 11.5 Å². The average Bonchev–Trinajstić information content (AvgIpc) is 2.64. The summed E-state index contributed by atoms with van der Waals surface area (Å²) in [5.74, 6) is 0. The van der Waals surface area contributed by atoms with Crippen molar-refractivity contribution < 1.29 is 0 Å². The maximum atomic E-state index is 6.38. The second kappa shape index (κ2) is 4.89. The molecule has 1 heterocycles. The summed E-state index contributed by atoms with van der Waals surface area (Å²) in [6.07, 6.45) is 3.17. The van der Waals surface area contributed by atoms with Gasteiger partial charge in [0.05, 0.1) is 5.02 Å². The Kier molecular flexibility index (Phi) is 3.52. The zero-order valence-corrected chi connectivity index (χ0v) is 10.3. The number of aromatic nitrogens is 1. The summed E-state index contributed by atoms with van der Waals surface area (Å²) in [6.45, 7) is 2.80. The monoisotopic (exact) mass is 236 g/mol. The largest absolute Gasteiger partial charge is 0.359 e. The van der Waals surface area contributed by atoms with Crippen molar-refractivity contribution in [3.63, 3.8) is 0 Å². The van der Waals surface area contributed by atoms with Crippen LogP contribution in [-0.2, 0) is 6.42 Å². The molecule has 0 unspecified atom stereocenters. The molecule has 0 radical (unpaired) electrons. The van der Waals surface area contributed by atoms with Crippen LogP contribution < -0.4 is 5.73 Å². The van der Waals surface area contributed by atoms with Gasteiger partial charge >= 0.3 is 0 Å². The molecule has 86 valence electrons. The first-order valence-corrected chi connectivity index (χ1v) is 6.07. The Hall–Kier alpha value is -0.990. The number of nitrogens with one attached hydrogen (secondary N) is 1. The number of halogens is 1. The molecule has 3 N–H and O–H groups in total. The van der Waals surface area contributed by atoms with E-state index in [0.29, 0.717) is 0 Å². The zero-order chi connectivity index (χ0) is 11.5. The molecular formula is C13H17ClN2. The SMILES string of the molecule is Cc1cc2c(Cl)c(CCCCN)ccc2[nH]1. The Morgan fingerprint density at radius 2 is 2.12 bits per heavy atom. The molecule has 0 amide bonds. The molecule has 2 nitrogen and oxygen atoms in total. The second-order valence-electron chi connectivity index (χ2n) is 4.20. The predicted octanol–water partition coefficient (Wildman–Crippen LogP) is 3.41. The van der Waals surface area contributed by atoms with Crippen molar-refractivity contribution in [1.82, 2.24) is 4.98 Å². The number of unbranched alkanes of at least 4 members (excludes halogenated alkanes) is 1. The van der Waals surface area contributed by atoms with Gasteiger partial charge < -0.3 is 10.7 Å². The van der Waals surface area contributed by atoms with E-state index >= 15 is 0 Å². The van der Waals surface area contributed by atoms with Gasteiger partial charge in [-0.2, -0.15) is 0 Å². The highest BCUT2D eigenvalue weighted by atomic mass is 35.5. The number of aryl methyl sites for hydroxylation is 2. The summed E-state index contributed by atoms with van der Waals surface area (Å²) in [6, 6.07) is 6.31. The van der Waals surface area contributed by atoms with Gasteiger partial charge in [-0.25, -0.2) is 0 Å². The molecule has 0 saturated carbocycles. The quantitative estimate of drug-likeness (QED) is 0.785. The normalized spacial score (nSPS) is 11.2. The fraction of sp³-hybridized carbons (Fsp3) is 0.385. The third-order valence-electron chi connectivity index (χ3n) is 2.85. The van der Waals surface area contributed by atoms with Crippen molar-refractivity contribution in [2.24, 2.45) is 5.73 Å². The van der Waals surface area contributed by atoms with Crippen molar-refractivity contribution >= 4 is 22.5 Å². The summed E-state index contributed by atoms with van der Waals surface area (Å²) in [5, 5.41) is 2.02. The molecule has 0 saturated heterocycles. The van der Waals surface area contributed by atoms with Crippen molar-refractivity contribution in [1.29, 1.82) is 0 Å². The molecule has 0 atom stereocenters. The Balaban J connectivity index is 2.29. The van der Waals surface area contributed by atoms with E-state index in [1.54, 1.807) is 0 Å². The lowest BCUT2D eigenvalue weighted by Gasteiger charge is -2.04. The molecule has 0 aliphatic heterocycles. The van der Waals surface area contributed by atoms with Gasteiger partial charge in [0.2, 0.25) is 0 Å². The maximum absolute atomic E-state index is 6.38. The van der Waals surface area contributed by atoms with E-state index < -0.39 is 0 Å². The van der Waals surface area contributed by atoms with Gasteiger partial charge in [-0.05, 0) is 50.4 Å². The summed E-state index contributed by atoms with van der Waals surface area (Å²) in [5.41, 5.74) is 8.98. The fourth-order valence-corrected chi connectivity index (χ4v) is 2.32. The van der Waals surface area contributed by atoms with E-state index in [1.807, 2.05) is 6.92 Å². The first-order valence-electron chi connectivity index (χ1n) is 5.69. The van der Waals surface area contributed by atoms with Gasteiger partial charge in [0.25, 0.3) is 0 Å². The van der Waals surface area contributed by atoms with Crippen LogP contribution in [0.4, 0.5) is 0 Å². The first-order chi connectivity index (χ1) is 7.72. The molecule has 3 heteroatoms. The van der Waals surface area contributed by atoms with Crippen molar-refractivity contribution in [3.8, 4) is 0 Å². The molecule has 16 heavy (non-hydrogen) atoms. The van der Waals surface area contributed by atoms with Gasteiger partial charge in [0.1, 0.15) is 0 Å². The number of hydrogen-bond acceptors (Lipinski definition) is 1. The van der Waals surface area contributed by atoms with Crippen LogP contribution in [0.3, 0.4) is 0 Å². The van der Waals surface area contributed by atoms with Gasteiger partial charge in [0.15, 0.2) is 0 Å². The average molecular weight is 237 g/mol. The van der Waals surface area contributed by atoms with E-state index in [2.05, 4.69) is 23.2 Å². The molecule has 0 aliphatic carbocycles. The topological polar surface area (TPSA) is 41.8 Å². The lowest BCUT2D eigenvalue weighted by atomic mass is 10.1. The molecule has 1 aromatic carbocycles. The third-order valence-corrected chi connectivity index (χ3v) is 3.30. The van der Waals surface area contributed by atoms with Gasteiger partial charge in [-0.3, -0.25) is 0 Å². The lowest BCUT2D eigenvalue weighted by Crippen LogP contribution is -1.99. The van der Waals surface area contributed by atoms with Crippen LogP contribution >= 0.6 is 11.6 Å². The van der Waals surface area contributed by atoms with Gasteiger partial charge in [-0.15, -0.1) is 0 Å². The minimum absolute atomic E-state index is 0.753. The van der Waals surface area contributed by atoms with E-state index in [4.69, 9.17) is 17.3 Å². The molecule has 0 bridgehead atoms. The lowest BCUT2D eigenvalue weighted by molar-refractivity contribution is 0.745. The highest BCUT2D eigenvalue weighted by Gasteiger charge is 2.07. The number of nitrogens with two attached hydrogens (primary N) is 1. The third kappa shape index (κ3) is 2.23. The Morgan fingerprint density at radius 3 is 2.88 bits per heavy atom. The van der Waals surface area contributed by atoms with Crippen LogP contribution in [0.1, 0.15) is 24.1 Å². The molecular weight excluding hydrogens is 220 g/mol. The number of rotatable bonds is 4. The van der Waals surface area contributed by atoms with Crippen LogP contribution in [0.15, 0.2) is 18.2 Å². The maximum Gasteiger partial charge on any atom is 0.0531 e. The first kappa shape index (κ1) is 11.5. The number of H-pyrrole nitrogens is 1. The summed E-state index contributed by atoms with van der Waals surface area (Å²) >= 11 is 6.38. The van der Waals surface area contributed by atoms with Crippen LogP contribution in [0.25, 0.3) is 10.9 Å². The second-order valence-corrected chi connectivity index (χ2v) is 4.58. The number of hydrogen-bond donors (Lipinski definition) is 2. The molecule has 2 aromatic rings. The standard InChI is InChI=1S/C13H17ClN2/c1-9-8-11-12(16-9)6-5-10(13(11)14)4-2-3-7-15/h5-6,8,16H,2-4,7,15H2,1H3. The van der Waals surface area contributed by atoms with Crippen LogP contribution in [0.5, 0.6) is 0 Å². The van der Waals surface area contributed by atoms with E-state index in [9.17, 15) is 0 Å². The van der Waals surface area contributed by atoms with Crippen molar-refractivity contribution in [3.05, 3.63) is 34.5 Å². The van der Waals surface area contributed by atoms with Gasteiger partial charge in [0, 0.05) is 16.6 Å². The van der Waals surface area contributed by atoms with E-state index in [1.165, 1.54) is 5.56 Å². The minimum atomic E-state index is 0.753.